The maximum Gasteiger partial charge on any atom is 0.221 e. The summed E-state index contributed by atoms with van der Waals surface area (Å²) >= 11 is 0. The Balaban J connectivity index is 3.77. The molecule has 0 fully saturated rings. The Morgan fingerprint density at radius 1 is 1.20 bits per heavy atom. The molecule has 0 aromatic rings. The van der Waals surface area contributed by atoms with E-state index in [0.717, 1.165) is 0 Å². The van der Waals surface area contributed by atoms with Gasteiger partial charge in [-0.15, -0.1) is 0 Å². The predicted octanol–water partition coefficient (Wildman–Crippen LogP) is 0.652. The minimum absolute atomic E-state index is 0.0345. The van der Waals surface area contributed by atoms with E-state index in [2.05, 4.69) is 31.4 Å². The zero-order chi connectivity index (χ0) is 12.1. The lowest BCUT2D eigenvalue weighted by Crippen LogP contribution is -2.47. The highest BCUT2D eigenvalue weighted by molar-refractivity contribution is 5.76. The third-order valence-electron chi connectivity index (χ3n) is 1.88. The number of amides is 1. The molecule has 0 atom stereocenters. The highest BCUT2D eigenvalue weighted by atomic mass is 16.3. The van der Waals surface area contributed by atoms with Crippen LogP contribution in [0.5, 0.6) is 0 Å². The number of hydrogen-bond acceptors (Lipinski definition) is 3. The summed E-state index contributed by atoms with van der Waals surface area (Å²) in [5.41, 5.74) is -0.494. The predicted molar refractivity (Wildman–Crippen MR) is 61.7 cm³/mol. The number of aliphatic hydroxyl groups excluding tert-OH is 1. The van der Waals surface area contributed by atoms with Crippen LogP contribution in [0.1, 0.15) is 41.0 Å². The van der Waals surface area contributed by atoms with E-state index >= 15 is 0 Å². The van der Waals surface area contributed by atoms with Gasteiger partial charge in [-0.05, 0) is 34.6 Å². The average Bonchev–Trinajstić information content (AvgIpc) is 2.00. The lowest BCUT2D eigenvalue weighted by molar-refractivity contribution is -0.123. The van der Waals surface area contributed by atoms with Gasteiger partial charge in [-0.3, -0.25) is 4.79 Å². The summed E-state index contributed by atoms with van der Waals surface area (Å²) < 4.78 is 0. The number of carbonyl (C=O) groups is 1. The average molecular weight is 216 g/mol. The first kappa shape index (κ1) is 14.4. The summed E-state index contributed by atoms with van der Waals surface area (Å²) in [7, 11) is 0. The van der Waals surface area contributed by atoms with Crippen molar-refractivity contribution in [3.63, 3.8) is 0 Å². The Morgan fingerprint density at radius 3 is 2.13 bits per heavy atom. The first-order valence-corrected chi connectivity index (χ1v) is 5.33. The number of nitrogens with one attached hydrogen (secondary N) is 2. The van der Waals surface area contributed by atoms with Crippen molar-refractivity contribution < 1.29 is 9.90 Å². The van der Waals surface area contributed by atoms with Crippen molar-refractivity contribution in [2.24, 2.45) is 0 Å². The third-order valence-corrected chi connectivity index (χ3v) is 1.88. The third kappa shape index (κ3) is 8.39. The van der Waals surface area contributed by atoms with Crippen molar-refractivity contribution in [2.75, 3.05) is 13.2 Å². The summed E-state index contributed by atoms with van der Waals surface area (Å²) in [5, 5.41) is 15.0. The van der Waals surface area contributed by atoms with Crippen molar-refractivity contribution in [1.29, 1.82) is 0 Å². The van der Waals surface area contributed by atoms with Crippen LogP contribution < -0.4 is 10.6 Å². The Morgan fingerprint density at radius 2 is 1.73 bits per heavy atom. The lowest BCUT2D eigenvalue weighted by Gasteiger charge is -2.24. The molecule has 0 bridgehead atoms. The van der Waals surface area contributed by atoms with Gasteiger partial charge in [-0.1, -0.05) is 0 Å². The molecular formula is C11H24N2O2. The molecule has 0 aliphatic heterocycles. The Bertz CT molecular complexity index is 207. The molecule has 0 rings (SSSR count). The van der Waals surface area contributed by atoms with E-state index in [-0.39, 0.29) is 18.1 Å². The van der Waals surface area contributed by atoms with Crippen LogP contribution >= 0.6 is 0 Å². The van der Waals surface area contributed by atoms with E-state index in [0.29, 0.717) is 13.0 Å². The monoisotopic (exact) mass is 216 g/mol. The first-order valence-electron chi connectivity index (χ1n) is 5.33. The lowest BCUT2D eigenvalue weighted by atomic mass is 10.1. The Kier molecular flexibility index (Phi) is 5.24. The van der Waals surface area contributed by atoms with Crippen LogP contribution in [0.2, 0.25) is 0 Å². The van der Waals surface area contributed by atoms with Crippen LogP contribution in [0, 0.1) is 0 Å². The van der Waals surface area contributed by atoms with Crippen LogP contribution in [0.15, 0.2) is 0 Å². The van der Waals surface area contributed by atoms with Crippen molar-refractivity contribution in [3.8, 4) is 0 Å². The molecule has 0 aliphatic carbocycles. The molecule has 0 aromatic carbocycles. The zero-order valence-electron chi connectivity index (χ0n) is 10.5. The van der Waals surface area contributed by atoms with Crippen LogP contribution in [-0.4, -0.2) is 35.2 Å². The fourth-order valence-electron chi connectivity index (χ4n) is 1.03. The number of aliphatic hydroxyl groups is 1. The molecule has 4 heteroatoms. The topological polar surface area (TPSA) is 61.4 Å². The minimum Gasteiger partial charge on any atom is -0.394 e. The normalized spacial score (nSPS) is 12.7. The minimum atomic E-state index is -0.529. The van der Waals surface area contributed by atoms with E-state index < -0.39 is 5.54 Å². The second kappa shape index (κ2) is 5.47. The molecule has 0 spiro atoms. The fourth-order valence-corrected chi connectivity index (χ4v) is 1.03. The van der Waals surface area contributed by atoms with Crippen LogP contribution in [0.25, 0.3) is 0 Å². The largest absolute Gasteiger partial charge is 0.394 e. The van der Waals surface area contributed by atoms with Gasteiger partial charge in [0.25, 0.3) is 0 Å². The molecule has 0 saturated carbocycles. The maximum absolute atomic E-state index is 11.4. The first-order chi connectivity index (χ1) is 6.66. The smallest absolute Gasteiger partial charge is 0.221 e. The molecule has 0 aromatic heterocycles. The van der Waals surface area contributed by atoms with Gasteiger partial charge in [0.05, 0.1) is 12.1 Å². The van der Waals surface area contributed by atoms with E-state index in [4.69, 9.17) is 5.11 Å². The molecule has 0 radical (unpaired) electrons. The Labute approximate surface area is 92.4 Å². The molecular weight excluding hydrogens is 192 g/mol. The maximum atomic E-state index is 11.4. The molecule has 15 heavy (non-hydrogen) atoms. The summed E-state index contributed by atoms with van der Waals surface area (Å²) in [5.74, 6) is -0.0363. The van der Waals surface area contributed by atoms with Gasteiger partial charge in [0.1, 0.15) is 0 Å². The molecule has 1 amide bonds. The number of carbonyl (C=O) groups excluding carboxylic acids is 1. The fraction of sp³-hybridized carbons (Fsp3) is 0.909. The summed E-state index contributed by atoms with van der Waals surface area (Å²) in [6.07, 6.45) is 0.431. The van der Waals surface area contributed by atoms with Crippen molar-refractivity contribution in [3.05, 3.63) is 0 Å². The van der Waals surface area contributed by atoms with Gasteiger partial charge in [-0.25, -0.2) is 0 Å². The van der Waals surface area contributed by atoms with Gasteiger partial charge < -0.3 is 15.7 Å². The standard InChI is InChI=1S/C11H24N2O2/c1-10(2,3)12-7-6-9(15)13-11(4,5)8-14/h12,14H,6-8H2,1-5H3,(H,13,15). The highest BCUT2D eigenvalue weighted by Gasteiger charge is 2.19. The van der Waals surface area contributed by atoms with E-state index in [1.807, 2.05) is 0 Å². The van der Waals surface area contributed by atoms with Crippen molar-refractivity contribution in [1.82, 2.24) is 10.6 Å². The van der Waals surface area contributed by atoms with Crippen LogP contribution in [0.4, 0.5) is 0 Å². The van der Waals surface area contributed by atoms with Gasteiger partial charge in [0, 0.05) is 18.5 Å². The van der Waals surface area contributed by atoms with Gasteiger partial charge in [0.2, 0.25) is 5.91 Å². The SMILES string of the molecule is CC(C)(C)NCCC(=O)NC(C)(C)CO. The Hall–Kier alpha value is -0.610. The number of rotatable bonds is 5. The van der Waals surface area contributed by atoms with E-state index in [1.165, 1.54) is 0 Å². The van der Waals surface area contributed by atoms with E-state index in [9.17, 15) is 4.79 Å². The molecule has 4 nitrogen and oxygen atoms in total. The number of hydrogen-bond donors (Lipinski definition) is 3. The summed E-state index contributed by atoms with van der Waals surface area (Å²) in [6, 6.07) is 0. The molecule has 3 N–H and O–H groups in total. The van der Waals surface area contributed by atoms with Crippen LogP contribution in [-0.2, 0) is 4.79 Å². The van der Waals surface area contributed by atoms with Crippen LogP contribution in [0.3, 0.4) is 0 Å². The van der Waals surface area contributed by atoms with Gasteiger partial charge >= 0.3 is 0 Å². The van der Waals surface area contributed by atoms with Crippen molar-refractivity contribution >= 4 is 5.91 Å². The molecule has 0 heterocycles. The second-order valence-electron chi connectivity index (χ2n) is 5.52. The highest BCUT2D eigenvalue weighted by Crippen LogP contribution is 2.01. The molecule has 0 saturated heterocycles. The quantitative estimate of drug-likeness (QED) is 0.632. The second-order valence-corrected chi connectivity index (χ2v) is 5.52. The van der Waals surface area contributed by atoms with Crippen molar-refractivity contribution in [2.45, 2.75) is 52.1 Å². The summed E-state index contributed by atoms with van der Waals surface area (Å²) in [6.45, 7) is 10.4. The molecule has 90 valence electrons. The van der Waals surface area contributed by atoms with Gasteiger partial charge in [-0.2, -0.15) is 0 Å². The van der Waals surface area contributed by atoms with E-state index in [1.54, 1.807) is 13.8 Å². The molecule has 0 aliphatic rings. The summed E-state index contributed by atoms with van der Waals surface area (Å²) in [4.78, 5) is 11.4. The van der Waals surface area contributed by atoms with Gasteiger partial charge in [0.15, 0.2) is 0 Å². The molecule has 0 unspecified atom stereocenters. The zero-order valence-corrected chi connectivity index (χ0v) is 10.5.